The van der Waals surface area contributed by atoms with E-state index in [0.29, 0.717) is 4.99 Å². The van der Waals surface area contributed by atoms with Crippen molar-refractivity contribution in [1.29, 1.82) is 0 Å². The summed E-state index contributed by atoms with van der Waals surface area (Å²) in [5.74, 6) is 0. The number of benzene rings is 1. The molecule has 0 saturated heterocycles. The van der Waals surface area contributed by atoms with Crippen LogP contribution in [-0.4, -0.2) is 18.6 Å². The Morgan fingerprint density at radius 3 is 2.56 bits per heavy atom. The monoisotopic (exact) mass is 276 g/mol. The fourth-order valence-corrected chi connectivity index (χ4v) is 2.58. The van der Waals surface area contributed by atoms with Gasteiger partial charge in [-0.3, -0.25) is 0 Å². The Kier molecular flexibility index (Phi) is 4.33. The van der Waals surface area contributed by atoms with Gasteiger partial charge < -0.3 is 10.6 Å². The SMILES string of the molecule is CN(CCc1cccs1)c1ccc(C(N)=S)cc1. The molecule has 2 aromatic rings. The van der Waals surface area contributed by atoms with Crippen LogP contribution in [0.5, 0.6) is 0 Å². The summed E-state index contributed by atoms with van der Waals surface area (Å²) in [6.07, 6.45) is 1.07. The molecule has 0 amide bonds. The van der Waals surface area contributed by atoms with Crippen LogP contribution in [-0.2, 0) is 6.42 Å². The molecule has 0 bridgehead atoms. The number of rotatable bonds is 5. The number of nitrogens with zero attached hydrogens (tertiary/aromatic N) is 1. The lowest BCUT2D eigenvalue weighted by Crippen LogP contribution is -2.20. The standard InChI is InChI=1S/C14H16N2S2/c1-16(9-8-13-3-2-10-18-13)12-6-4-11(5-7-12)14(15)17/h2-7,10H,8-9H2,1H3,(H2,15,17). The van der Waals surface area contributed by atoms with Crippen molar-refractivity contribution in [2.24, 2.45) is 5.73 Å². The molecule has 0 aliphatic rings. The third-order valence-corrected chi connectivity index (χ3v) is 4.04. The first kappa shape index (κ1) is 13.1. The highest BCUT2D eigenvalue weighted by molar-refractivity contribution is 7.80. The molecule has 2 rings (SSSR count). The summed E-state index contributed by atoms with van der Waals surface area (Å²) in [6, 6.07) is 12.3. The summed E-state index contributed by atoms with van der Waals surface area (Å²) >= 11 is 6.75. The van der Waals surface area contributed by atoms with E-state index < -0.39 is 0 Å². The predicted octanol–water partition coefficient (Wildman–Crippen LogP) is 3.06. The first-order valence-corrected chi connectivity index (χ1v) is 7.09. The molecular weight excluding hydrogens is 260 g/mol. The van der Waals surface area contributed by atoms with E-state index in [-0.39, 0.29) is 0 Å². The summed E-state index contributed by atoms with van der Waals surface area (Å²) in [7, 11) is 2.10. The Hall–Kier alpha value is -1.39. The molecule has 0 unspecified atom stereocenters. The van der Waals surface area contributed by atoms with Crippen molar-refractivity contribution in [3.63, 3.8) is 0 Å². The maximum Gasteiger partial charge on any atom is 0.103 e. The summed E-state index contributed by atoms with van der Waals surface area (Å²) in [6.45, 7) is 1.01. The Morgan fingerprint density at radius 1 is 1.28 bits per heavy atom. The van der Waals surface area contributed by atoms with Crippen LogP contribution in [0.15, 0.2) is 41.8 Å². The first-order valence-electron chi connectivity index (χ1n) is 5.80. The van der Waals surface area contributed by atoms with Gasteiger partial charge in [-0.05, 0) is 42.1 Å². The largest absolute Gasteiger partial charge is 0.389 e. The molecule has 18 heavy (non-hydrogen) atoms. The summed E-state index contributed by atoms with van der Waals surface area (Å²) in [5, 5.41) is 2.12. The van der Waals surface area contributed by atoms with Gasteiger partial charge in [-0.25, -0.2) is 0 Å². The zero-order valence-electron chi connectivity index (χ0n) is 10.3. The fraction of sp³-hybridized carbons (Fsp3) is 0.214. The average molecular weight is 276 g/mol. The van der Waals surface area contributed by atoms with Gasteiger partial charge in [0.05, 0.1) is 0 Å². The number of nitrogens with two attached hydrogens (primary N) is 1. The molecule has 1 aromatic carbocycles. The molecule has 0 aliphatic heterocycles. The van der Waals surface area contributed by atoms with Gasteiger partial charge in [0.25, 0.3) is 0 Å². The third-order valence-electron chi connectivity index (χ3n) is 2.87. The maximum absolute atomic E-state index is 5.58. The van der Waals surface area contributed by atoms with E-state index in [2.05, 4.69) is 41.6 Å². The smallest absolute Gasteiger partial charge is 0.103 e. The number of anilines is 1. The molecular formula is C14H16N2S2. The maximum atomic E-state index is 5.58. The first-order chi connectivity index (χ1) is 8.66. The lowest BCUT2D eigenvalue weighted by atomic mass is 10.2. The van der Waals surface area contributed by atoms with Gasteiger partial charge in [0.1, 0.15) is 4.99 Å². The van der Waals surface area contributed by atoms with Crippen molar-refractivity contribution >= 4 is 34.2 Å². The van der Waals surface area contributed by atoms with Crippen LogP contribution >= 0.6 is 23.6 Å². The van der Waals surface area contributed by atoms with Gasteiger partial charge in [-0.1, -0.05) is 18.3 Å². The number of hydrogen-bond donors (Lipinski definition) is 1. The zero-order chi connectivity index (χ0) is 13.0. The molecule has 0 spiro atoms. The molecule has 2 N–H and O–H groups in total. The third kappa shape index (κ3) is 3.31. The quantitative estimate of drug-likeness (QED) is 0.851. The van der Waals surface area contributed by atoms with Crippen molar-refractivity contribution in [2.75, 3.05) is 18.5 Å². The molecule has 1 aromatic heterocycles. The second-order valence-corrected chi connectivity index (χ2v) is 5.63. The van der Waals surface area contributed by atoms with Gasteiger partial charge in [-0.15, -0.1) is 11.3 Å². The van der Waals surface area contributed by atoms with Crippen LogP contribution in [0, 0.1) is 0 Å². The lowest BCUT2D eigenvalue weighted by molar-refractivity contribution is 0.887. The van der Waals surface area contributed by atoms with Gasteiger partial charge in [0.2, 0.25) is 0 Å². The molecule has 0 atom stereocenters. The van der Waals surface area contributed by atoms with Gasteiger partial charge >= 0.3 is 0 Å². The minimum absolute atomic E-state index is 0.447. The Labute approximate surface area is 117 Å². The van der Waals surface area contributed by atoms with Crippen molar-refractivity contribution < 1.29 is 0 Å². The van der Waals surface area contributed by atoms with E-state index in [9.17, 15) is 0 Å². The normalized spacial score (nSPS) is 10.3. The average Bonchev–Trinajstić information content (AvgIpc) is 2.89. The van der Waals surface area contributed by atoms with Crippen LogP contribution in [0.2, 0.25) is 0 Å². The zero-order valence-corrected chi connectivity index (χ0v) is 11.9. The highest BCUT2D eigenvalue weighted by Gasteiger charge is 2.03. The second kappa shape index (κ2) is 5.98. The van der Waals surface area contributed by atoms with E-state index in [0.717, 1.165) is 18.5 Å². The Morgan fingerprint density at radius 2 is 2.00 bits per heavy atom. The molecule has 0 aliphatic carbocycles. The van der Waals surface area contributed by atoms with E-state index in [1.54, 1.807) is 11.3 Å². The predicted molar refractivity (Wildman–Crippen MR) is 83.6 cm³/mol. The molecule has 0 radical (unpaired) electrons. The number of likely N-dealkylation sites (N-methyl/N-ethyl adjacent to an activating group) is 1. The molecule has 0 fully saturated rings. The van der Waals surface area contributed by atoms with Crippen LogP contribution in [0.3, 0.4) is 0 Å². The minimum atomic E-state index is 0.447. The lowest BCUT2D eigenvalue weighted by Gasteiger charge is -2.19. The van der Waals surface area contributed by atoms with Crippen molar-refractivity contribution in [2.45, 2.75) is 6.42 Å². The van der Waals surface area contributed by atoms with Crippen LogP contribution < -0.4 is 10.6 Å². The molecule has 2 nitrogen and oxygen atoms in total. The van der Waals surface area contributed by atoms with Crippen LogP contribution in [0.1, 0.15) is 10.4 Å². The van der Waals surface area contributed by atoms with Gasteiger partial charge in [-0.2, -0.15) is 0 Å². The molecule has 0 saturated carbocycles. The molecule has 94 valence electrons. The number of hydrogen-bond acceptors (Lipinski definition) is 3. The second-order valence-electron chi connectivity index (χ2n) is 4.16. The van der Waals surface area contributed by atoms with Crippen LogP contribution in [0.4, 0.5) is 5.69 Å². The highest BCUT2D eigenvalue weighted by Crippen LogP contribution is 2.16. The fourth-order valence-electron chi connectivity index (χ4n) is 1.74. The Bertz CT molecular complexity index is 503. The summed E-state index contributed by atoms with van der Waals surface area (Å²) in [5.41, 5.74) is 7.69. The minimum Gasteiger partial charge on any atom is -0.389 e. The van der Waals surface area contributed by atoms with Gasteiger partial charge in [0, 0.05) is 29.7 Å². The van der Waals surface area contributed by atoms with E-state index in [1.807, 2.05) is 12.1 Å². The van der Waals surface area contributed by atoms with Gasteiger partial charge in [0.15, 0.2) is 0 Å². The van der Waals surface area contributed by atoms with Crippen molar-refractivity contribution in [3.8, 4) is 0 Å². The van der Waals surface area contributed by atoms with E-state index >= 15 is 0 Å². The molecule has 4 heteroatoms. The highest BCUT2D eigenvalue weighted by atomic mass is 32.1. The van der Waals surface area contributed by atoms with Crippen LogP contribution in [0.25, 0.3) is 0 Å². The van der Waals surface area contributed by atoms with E-state index in [4.69, 9.17) is 18.0 Å². The van der Waals surface area contributed by atoms with E-state index in [1.165, 1.54) is 10.6 Å². The number of thiophene rings is 1. The Balaban J connectivity index is 1.96. The summed E-state index contributed by atoms with van der Waals surface area (Å²) < 4.78 is 0. The topological polar surface area (TPSA) is 29.3 Å². The number of thiocarbonyl (C=S) groups is 1. The van der Waals surface area contributed by atoms with Crippen molar-refractivity contribution in [3.05, 3.63) is 52.2 Å². The molecule has 1 heterocycles. The summed E-state index contributed by atoms with van der Waals surface area (Å²) in [4.78, 5) is 4.10. The van der Waals surface area contributed by atoms with Crippen molar-refractivity contribution in [1.82, 2.24) is 0 Å².